The molecular weight excluding hydrogens is 306 g/mol. The average molecular weight is 323 g/mol. The lowest BCUT2D eigenvalue weighted by Crippen LogP contribution is -2.28. The van der Waals surface area contributed by atoms with Crippen LogP contribution in [0.2, 0.25) is 0 Å². The highest BCUT2D eigenvalue weighted by atomic mass is 16.2. The molecule has 0 unspecified atom stereocenters. The van der Waals surface area contributed by atoms with Crippen LogP contribution in [0.4, 0.5) is 0 Å². The van der Waals surface area contributed by atoms with E-state index < -0.39 is 11.2 Å². The number of benzene rings is 1. The SMILES string of the molecule is CCc1ccc(-n2c(C)cn3c4c(=O)[nH]c(=O)n(C)c4nc23)cc1. The summed E-state index contributed by atoms with van der Waals surface area (Å²) in [5, 5.41) is 0. The second kappa shape index (κ2) is 4.95. The maximum Gasteiger partial charge on any atom is 0.329 e. The Hall–Kier alpha value is -3.09. The first-order chi connectivity index (χ1) is 11.5. The molecule has 122 valence electrons. The van der Waals surface area contributed by atoms with Crippen molar-refractivity contribution in [2.75, 3.05) is 0 Å². The van der Waals surface area contributed by atoms with E-state index in [9.17, 15) is 9.59 Å². The van der Waals surface area contributed by atoms with Crippen LogP contribution >= 0.6 is 0 Å². The Kier molecular flexibility index (Phi) is 2.99. The van der Waals surface area contributed by atoms with Gasteiger partial charge in [-0.2, -0.15) is 4.98 Å². The molecule has 0 aliphatic rings. The number of nitrogens with one attached hydrogen (secondary N) is 1. The molecule has 0 aliphatic carbocycles. The highest BCUT2D eigenvalue weighted by Crippen LogP contribution is 2.21. The van der Waals surface area contributed by atoms with E-state index in [4.69, 9.17) is 0 Å². The quantitative estimate of drug-likeness (QED) is 0.608. The van der Waals surface area contributed by atoms with Crippen molar-refractivity contribution in [1.82, 2.24) is 23.5 Å². The molecule has 0 radical (unpaired) electrons. The number of nitrogens with zero attached hydrogens (tertiary/aromatic N) is 4. The van der Waals surface area contributed by atoms with Crippen molar-refractivity contribution in [3.8, 4) is 5.69 Å². The van der Waals surface area contributed by atoms with Crippen LogP contribution in [0.1, 0.15) is 18.2 Å². The van der Waals surface area contributed by atoms with Gasteiger partial charge in [0.25, 0.3) is 5.56 Å². The Bertz CT molecular complexity index is 1190. The number of imidazole rings is 2. The molecule has 3 aromatic heterocycles. The highest BCUT2D eigenvalue weighted by molar-refractivity contribution is 5.76. The van der Waals surface area contributed by atoms with Crippen LogP contribution in [0.25, 0.3) is 22.6 Å². The first-order valence-corrected chi connectivity index (χ1v) is 7.80. The van der Waals surface area contributed by atoms with Crippen LogP contribution in [-0.2, 0) is 13.5 Å². The number of rotatable bonds is 2. The minimum absolute atomic E-state index is 0.373. The van der Waals surface area contributed by atoms with Crippen molar-refractivity contribution in [2.45, 2.75) is 20.3 Å². The summed E-state index contributed by atoms with van der Waals surface area (Å²) >= 11 is 0. The fraction of sp³-hybridized carbons (Fsp3) is 0.235. The molecule has 4 rings (SSSR count). The smallest absolute Gasteiger partial charge is 0.283 e. The molecule has 7 heteroatoms. The molecule has 0 saturated carbocycles. The van der Waals surface area contributed by atoms with Gasteiger partial charge < -0.3 is 0 Å². The Balaban J connectivity index is 2.09. The van der Waals surface area contributed by atoms with Crippen molar-refractivity contribution in [3.05, 3.63) is 62.6 Å². The number of aryl methyl sites for hydroxylation is 3. The number of aromatic nitrogens is 5. The van der Waals surface area contributed by atoms with Crippen molar-refractivity contribution >= 4 is 16.9 Å². The largest absolute Gasteiger partial charge is 0.329 e. The van der Waals surface area contributed by atoms with E-state index in [1.165, 1.54) is 10.1 Å². The molecule has 1 aromatic carbocycles. The van der Waals surface area contributed by atoms with Gasteiger partial charge in [-0.25, -0.2) is 4.79 Å². The number of H-pyrrole nitrogens is 1. The first-order valence-electron chi connectivity index (χ1n) is 7.80. The van der Waals surface area contributed by atoms with Crippen LogP contribution in [-0.4, -0.2) is 23.5 Å². The molecule has 7 nitrogen and oxygen atoms in total. The lowest BCUT2D eigenvalue weighted by Gasteiger charge is -2.06. The second-order valence-electron chi connectivity index (χ2n) is 5.90. The van der Waals surface area contributed by atoms with Gasteiger partial charge in [0.1, 0.15) is 0 Å². The summed E-state index contributed by atoms with van der Waals surface area (Å²) in [6, 6.07) is 8.23. The van der Waals surface area contributed by atoms with Crippen molar-refractivity contribution in [3.63, 3.8) is 0 Å². The highest BCUT2D eigenvalue weighted by Gasteiger charge is 2.17. The summed E-state index contributed by atoms with van der Waals surface area (Å²) < 4.78 is 5.06. The summed E-state index contributed by atoms with van der Waals surface area (Å²) in [7, 11) is 1.60. The Morgan fingerprint density at radius 2 is 1.88 bits per heavy atom. The van der Waals surface area contributed by atoms with Crippen LogP contribution < -0.4 is 11.2 Å². The van der Waals surface area contributed by atoms with Gasteiger partial charge in [-0.15, -0.1) is 0 Å². The van der Waals surface area contributed by atoms with Crippen LogP contribution in [0.3, 0.4) is 0 Å². The molecule has 0 aliphatic heterocycles. The maximum absolute atomic E-state index is 12.2. The molecular formula is C17H17N5O2. The molecule has 24 heavy (non-hydrogen) atoms. The summed E-state index contributed by atoms with van der Waals surface area (Å²) in [5.74, 6) is 0.610. The molecule has 0 spiro atoms. The Labute approximate surface area is 136 Å². The van der Waals surface area contributed by atoms with Gasteiger partial charge in [-0.05, 0) is 31.0 Å². The third-order valence-corrected chi connectivity index (χ3v) is 4.40. The van der Waals surface area contributed by atoms with Crippen molar-refractivity contribution in [2.24, 2.45) is 7.05 Å². The third-order valence-electron chi connectivity index (χ3n) is 4.40. The second-order valence-corrected chi connectivity index (χ2v) is 5.90. The summed E-state index contributed by atoms with van der Waals surface area (Å²) in [4.78, 5) is 30.9. The monoisotopic (exact) mass is 323 g/mol. The zero-order valence-electron chi connectivity index (χ0n) is 13.7. The molecule has 0 saturated heterocycles. The maximum atomic E-state index is 12.2. The average Bonchev–Trinajstić information content (AvgIpc) is 3.07. The zero-order chi connectivity index (χ0) is 17.0. The van der Waals surface area contributed by atoms with E-state index in [1.807, 2.05) is 29.8 Å². The lowest BCUT2D eigenvalue weighted by atomic mass is 10.1. The summed E-state index contributed by atoms with van der Waals surface area (Å²) in [6.45, 7) is 4.08. The molecule has 0 bridgehead atoms. The van der Waals surface area contributed by atoms with E-state index in [0.29, 0.717) is 16.9 Å². The van der Waals surface area contributed by atoms with E-state index >= 15 is 0 Å². The van der Waals surface area contributed by atoms with Crippen LogP contribution in [0.5, 0.6) is 0 Å². The molecule has 0 fully saturated rings. The van der Waals surface area contributed by atoms with Gasteiger partial charge in [0, 0.05) is 24.6 Å². The zero-order valence-corrected chi connectivity index (χ0v) is 13.7. The predicted octanol–water partition coefficient (Wildman–Crippen LogP) is 1.54. The fourth-order valence-corrected chi connectivity index (χ4v) is 3.07. The normalized spacial score (nSPS) is 11.6. The minimum Gasteiger partial charge on any atom is -0.283 e. The van der Waals surface area contributed by atoms with E-state index in [0.717, 1.165) is 17.8 Å². The van der Waals surface area contributed by atoms with Gasteiger partial charge >= 0.3 is 5.69 Å². The molecule has 0 amide bonds. The summed E-state index contributed by atoms with van der Waals surface area (Å²) in [6.07, 6.45) is 2.84. The van der Waals surface area contributed by atoms with E-state index in [1.54, 1.807) is 11.4 Å². The minimum atomic E-state index is -0.469. The third kappa shape index (κ3) is 1.87. The topological polar surface area (TPSA) is 77.1 Å². The molecule has 1 N–H and O–H groups in total. The first kappa shape index (κ1) is 14.5. The van der Waals surface area contributed by atoms with Gasteiger partial charge in [0.15, 0.2) is 11.2 Å². The van der Waals surface area contributed by atoms with Crippen LogP contribution in [0, 0.1) is 6.92 Å². The fourth-order valence-electron chi connectivity index (χ4n) is 3.07. The Morgan fingerprint density at radius 3 is 2.54 bits per heavy atom. The number of hydrogen-bond acceptors (Lipinski definition) is 3. The van der Waals surface area contributed by atoms with Gasteiger partial charge in [-0.1, -0.05) is 19.1 Å². The van der Waals surface area contributed by atoms with E-state index in [2.05, 4.69) is 29.0 Å². The van der Waals surface area contributed by atoms with Crippen molar-refractivity contribution in [1.29, 1.82) is 0 Å². The number of hydrogen-bond donors (Lipinski definition) is 1. The van der Waals surface area contributed by atoms with E-state index in [-0.39, 0.29) is 0 Å². The van der Waals surface area contributed by atoms with Crippen LogP contribution in [0.15, 0.2) is 40.1 Å². The lowest BCUT2D eigenvalue weighted by molar-refractivity contribution is 0.831. The number of fused-ring (bicyclic) bond motifs is 3. The van der Waals surface area contributed by atoms with Gasteiger partial charge in [0.2, 0.25) is 5.78 Å². The number of aromatic amines is 1. The Morgan fingerprint density at radius 1 is 1.17 bits per heavy atom. The van der Waals surface area contributed by atoms with Crippen molar-refractivity contribution < 1.29 is 0 Å². The van der Waals surface area contributed by atoms with Gasteiger partial charge in [-0.3, -0.25) is 23.3 Å². The molecule has 3 heterocycles. The molecule has 4 aromatic rings. The standard InChI is InChI=1S/C17H17N5O2/c1-4-11-5-7-12(8-6-11)22-10(2)9-21-13-14(18-16(21)22)20(3)17(24)19-15(13)23/h5-9H,4H2,1-3H3,(H,19,23,24). The predicted molar refractivity (Wildman–Crippen MR) is 92.0 cm³/mol. The molecule has 0 atom stereocenters. The summed E-state index contributed by atoms with van der Waals surface area (Å²) in [5.41, 5.74) is 3.03. The van der Waals surface area contributed by atoms with Gasteiger partial charge in [0.05, 0.1) is 0 Å².